The van der Waals surface area contributed by atoms with Crippen LogP contribution in [-0.2, 0) is 7.05 Å². The number of aromatic nitrogens is 2. The highest BCUT2D eigenvalue weighted by atomic mass is 16.3. The van der Waals surface area contributed by atoms with Crippen LogP contribution in [0.4, 0.5) is 0 Å². The molecular weight excluding hydrogens is 200 g/mol. The molecule has 0 saturated heterocycles. The highest BCUT2D eigenvalue weighted by Crippen LogP contribution is 2.25. The number of aliphatic hydroxyl groups excluding tert-OH is 1. The Morgan fingerprint density at radius 2 is 2.19 bits per heavy atom. The van der Waals surface area contributed by atoms with Crippen LogP contribution < -0.4 is 0 Å². The van der Waals surface area contributed by atoms with Gasteiger partial charge in [0.25, 0.3) is 0 Å². The predicted octanol–water partition coefficient (Wildman–Crippen LogP) is 3.06. The van der Waals surface area contributed by atoms with E-state index in [1.54, 1.807) is 6.20 Å². The van der Waals surface area contributed by atoms with Crippen molar-refractivity contribution in [3.8, 4) is 0 Å². The minimum absolute atomic E-state index is 0.415. The third kappa shape index (κ3) is 3.63. The molecule has 2 unspecified atom stereocenters. The van der Waals surface area contributed by atoms with E-state index >= 15 is 0 Å². The van der Waals surface area contributed by atoms with Gasteiger partial charge in [-0.3, -0.25) is 0 Å². The summed E-state index contributed by atoms with van der Waals surface area (Å²) < 4.78 is 1.90. The van der Waals surface area contributed by atoms with Crippen molar-refractivity contribution in [1.82, 2.24) is 9.55 Å². The molecule has 0 fully saturated rings. The number of hydrogen-bond acceptors (Lipinski definition) is 2. The molecule has 1 N–H and O–H groups in total. The zero-order valence-electron chi connectivity index (χ0n) is 10.7. The molecule has 0 aliphatic rings. The number of nitrogens with zero attached hydrogens (tertiary/aromatic N) is 2. The van der Waals surface area contributed by atoms with Crippen LogP contribution in [0, 0.1) is 5.92 Å². The summed E-state index contributed by atoms with van der Waals surface area (Å²) in [7, 11) is 1.93. The van der Waals surface area contributed by atoms with E-state index in [9.17, 15) is 5.11 Å². The Morgan fingerprint density at radius 1 is 1.44 bits per heavy atom. The molecule has 16 heavy (non-hydrogen) atoms. The van der Waals surface area contributed by atoms with Crippen molar-refractivity contribution < 1.29 is 5.11 Å². The van der Waals surface area contributed by atoms with Crippen molar-refractivity contribution >= 4 is 0 Å². The van der Waals surface area contributed by atoms with Gasteiger partial charge in [-0.25, -0.2) is 4.98 Å². The van der Waals surface area contributed by atoms with E-state index in [1.807, 2.05) is 17.8 Å². The maximum Gasteiger partial charge on any atom is 0.137 e. The first-order valence-corrected chi connectivity index (χ1v) is 6.34. The largest absolute Gasteiger partial charge is 0.385 e. The van der Waals surface area contributed by atoms with Crippen molar-refractivity contribution in [3.63, 3.8) is 0 Å². The number of rotatable bonds is 7. The fraction of sp³-hybridized carbons (Fsp3) is 0.769. The molecule has 2 atom stereocenters. The first-order valence-electron chi connectivity index (χ1n) is 6.34. The molecule has 1 heterocycles. The van der Waals surface area contributed by atoms with E-state index in [1.165, 1.54) is 19.3 Å². The maximum atomic E-state index is 10.1. The van der Waals surface area contributed by atoms with Gasteiger partial charge in [-0.2, -0.15) is 0 Å². The second-order valence-corrected chi connectivity index (χ2v) is 4.56. The molecule has 0 aliphatic heterocycles. The molecule has 92 valence electrons. The van der Waals surface area contributed by atoms with Gasteiger partial charge in [-0.1, -0.05) is 39.5 Å². The molecule has 0 amide bonds. The summed E-state index contributed by atoms with van der Waals surface area (Å²) in [6.45, 7) is 4.41. The van der Waals surface area contributed by atoms with Gasteiger partial charge in [0.2, 0.25) is 0 Å². The molecule has 1 aromatic heterocycles. The van der Waals surface area contributed by atoms with Gasteiger partial charge in [0.1, 0.15) is 11.9 Å². The highest BCUT2D eigenvalue weighted by molar-refractivity contribution is 4.95. The Labute approximate surface area is 98.5 Å². The lowest BCUT2D eigenvalue weighted by Crippen LogP contribution is -2.11. The summed E-state index contributed by atoms with van der Waals surface area (Å²) >= 11 is 0. The zero-order valence-corrected chi connectivity index (χ0v) is 10.7. The first kappa shape index (κ1) is 13.2. The monoisotopic (exact) mass is 224 g/mol. The van der Waals surface area contributed by atoms with Crippen LogP contribution in [0.3, 0.4) is 0 Å². The van der Waals surface area contributed by atoms with E-state index in [0.717, 1.165) is 18.7 Å². The van der Waals surface area contributed by atoms with Gasteiger partial charge in [0.05, 0.1) is 0 Å². The molecule has 0 aliphatic carbocycles. The number of unbranched alkanes of at least 4 members (excludes halogenated alkanes) is 1. The SMILES string of the molecule is CCCCC(CC)CC(O)c1nccn1C. The van der Waals surface area contributed by atoms with Gasteiger partial charge in [0, 0.05) is 19.4 Å². The van der Waals surface area contributed by atoms with E-state index in [0.29, 0.717) is 5.92 Å². The summed E-state index contributed by atoms with van der Waals surface area (Å²) in [5.74, 6) is 1.40. The summed E-state index contributed by atoms with van der Waals surface area (Å²) in [4.78, 5) is 4.20. The van der Waals surface area contributed by atoms with Gasteiger partial charge in [-0.05, 0) is 12.3 Å². The van der Waals surface area contributed by atoms with Gasteiger partial charge < -0.3 is 9.67 Å². The van der Waals surface area contributed by atoms with Crippen LogP contribution in [0.1, 0.15) is 57.9 Å². The smallest absolute Gasteiger partial charge is 0.137 e. The number of imidazole rings is 1. The van der Waals surface area contributed by atoms with Gasteiger partial charge in [-0.15, -0.1) is 0 Å². The molecule has 0 bridgehead atoms. The Kier molecular flexibility index (Phi) is 5.53. The lowest BCUT2D eigenvalue weighted by Gasteiger charge is -2.18. The van der Waals surface area contributed by atoms with Crippen LogP contribution in [0.15, 0.2) is 12.4 Å². The molecule has 1 aromatic rings. The van der Waals surface area contributed by atoms with E-state index < -0.39 is 6.10 Å². The van der Waals surface area contributed by atoms with Crippen LogP contribution in [-0.4, -0.2) is 14.7 Å². The van der Waals surface area contributed by atoms with Gasteiger partial charge in [0.15, 0.2) is 0 Å². The van der Waals surface area contributed by atoms with E-state index in [4.69, 9.17) is 0 Å². The summed E-state index contributed by atoms with van der Waals surface area (Å²) in [5, 5.41) is 10.1. The molecule has 3 heteroatoms. The molecular formula is C13H24N2O. The van der Waals surface area contributed by atoms with E-state index in [2.05, 4.69) is 18.8 Å². The Morgan fingerprint density at radius 3 is 2.69 bits per heavy atom. The van der Waals surface area contributed by atoms with Crippen molar-refractivity contribution in [2.75, 3.05) is 0 Å². The number of aryl methyl sites for hydroxylation is 1. The first-order chi connectivity index (χ1) is 7.69. The highest BCUT2D eigenvalue weighted by Gasteiger charge is 2.17. The summed E-state index contributed by atoms with van der Waals surface area (Å²) in [5.41, 5.74) is 0. The van der Waals surface area contributed by atoms with Crippen molar-refractivity contribution in [3.05, 3.63) is 18.2 Å². The third-order valence-corrected chi connectivity index (χ3v) is 3.26. The molecule has 0 spiro atoms. The van der Waals surface area contributed by atoms with Gasteiger partial charge >= 0.3 is 0 Å². The summed E-state index contributed by atoms with van der Waals surface area (Å²) in [6.07, 6.45) is 8.89. The molecule has 0 saturated carbocycles. The molecule has 3 nitrogen and oxygen atoms in total. The second kappa shape index (κ2) is 6.69. The Hall–Kier alpha value is -0.830. The van der Waals surface area contributed by atoms with Crippen molar-refractivity contribution in [2.45, 2.75) is 52.1 Å². The third-order valence-electron chi connectivity index (χ3n) is 3.26. The second-order valence-electron chi connectivity index (χ2n) is 4.56. The van der Waals surface area contributed by atoms with Crippen LogP contribution in [0.2, 0.25) is 0 Å². The number of hydrogen-bond donors (Lipinski definition) is 1. The van der Waals surface area contributed by atoms with E-state index in [-0.39, 0.29) is 0 Å². The molecule has 1 rings (SSSR count). The van der Waals surface area contributed by atoms with Crippen LogP contribution in [0.25, 0.3) is 0 Å². The molecule has 0 aromatic carbocycles. The fourth-order valence-corrected chi connectivity index (χ4v) is 2.10. The maximum absolute atomic E-state index is 10.1. The normalized spacial score (nSPS) is 15.0. The predicted molar refractivity (Wildman–Crippen MR) is 66.1 cm³/mol. The van der Waals surface area contributed by atoms with Crippen molar-refractivity contribution in [2.24, 2.45) is 13.0 Å². The zero-order chi connectivity index (χ0) is 12.0. The average molecular weight is 224 g/mol. The lowest BCUT2D eigenvalue weighted by atomic mass is 9.93. The minimum atomic E-state index is -0.415. The topological polar surface area (TPSA) is 38.1 Å². The minimum Gasteiger partial charge on any atom is -0.385 e. The number of aliphatic hydroxyl groups is 1. The molecule has 0 radical (unpaired) electrons. The Bertz CT molecular complexity index is 296. The quantitative estimate of drug-likeness (QED) is 0.773. The van der Waals surface area contributed by atoms with Crippen LogP contribution in [0.5, 0.6) is 0 Å². The lowest BCUT2D eigenvalue weighted by molar-refractivity contribution is 0.127. The average Bonchev–Trinajstić information content (AvgIpc) is 2.70. The summed E-state index contributed by atoms with van der Waals surface area (Å²) in [6, 6.07) is 0. The van der Waals surface area contributed by atoms with Crippen molar-refractivity contribution in [1.29, 1.82) is 0 Å². The Balaban J connectivity index is 2.48. The van der Waals surface area contributed by atoms with Crippen LogP contribution >= 0.6 is 0 Å². The standard InChI is InChI=1S/C13H24N2O/c1-4-6-7-11(5-2)10-12(16)13-14-8-9-15(13)3/h8-9,11-12,16H,4-7,10H2,1-3H3. The fourth-order valence-electron chi connectivity index (χ4n) is 2.10.